The highest BCUT2D eigenvalue weighted by molar-refractivity contribution is 9.10. The van der Waals surface area contributed by atoms with Gasteiger partial charge in [-0.1, -0.05) is 65.3 Å². The molecule has 0 spiro atoms. The van der Waals surface area contributed by atoms with Crippen LogP contribution in [-0.4, -0.2) is 23.3 Å². The second-order valence-electron chi connectivity index (χ2n) is 7.58. The van der Waals surface area contributed by atoms with Crippen molar-refractivity contribution in [3.8, 4) is 0 Å². The molecule has 2 aromatic rings. The number of hydrogen-bond acceptors (Lipinski definition) is 4. The van der Waals surface area contributed by atoms with E-state index in [1.807, 2.05) is 49.4 Å². The summed E-state index contributed by atoms with van der Waals surface area (Å²) in [7, 11) is 0. The molecule has 1 N–H and O–H groups in total. The van der Waals surface area contributed by atoms with Crippen molar-refractivity contribution in [2.45, 2.75) is 33.0 Å². The number of hydrogen-bond donors (Lipinski definition) is 1. The molecule has 4 atom stereocenters. The third-order valence-electron chi connectivity index (χ3n) is 5.65. The number of aliphatic hydroxyl groups is 1. The van der Waals surface area contributed by atoms with E-state index in [0.29, 0.717) is 18.6 Å². The van der Waals surface area contributed by atoms with Crippen LogP contribution >= 0.6 is 15.9 Å². The van der Waals surface area contributed by atoms with Crippen LogP contribution in [0.5, 0.6) is 0 Å². The number of halogens is 1. The van der Waals surface area contributed by atoms with Crippen molar-refractivity contribution in [1.82, 2.24) is 0 Å². The standard InChI is InChI=1S/C23H25BrO4/c1-3-18-19(20(25)16-9-11-17(24)12-10-16)22(27)23(2,21(18)26)14-28-13-15-7-5-4-6-8-15/h4-12,18-20,25H,3,13-14H2,1-2H3/t18-,19+,20+,23-/m0/s1. The summed E-state index contributed by atoms with van der Waals surface area (Å²) in [5.41, 5.74) is 0.404. The van der Waals surface area contributed by atoms with Crippen molar-refractivity contribution in [2.24, 2.45) is 17.3 Å². The molecule has 0 aromatic heterocycles. The second kappa shape index (κ2) is 8.68. The van der Waals surface area contributed by atoms with Gasteiger partial charge in [0.25, 0.3) is 0 Å². The minimum atomic E-state index is -1.23. The van der Waals surface area contributed by atoms with Crippen LogP contribution in [0, 0.1) is 17.3 Å². The van der Waals surface area contributed by atoms with Crippen LogP contribution in [-0.2, 0) is 20.9 Å². The average Bonchev–Trinajstić information content (AvgIpc) is 2.89. The van der Waals surface area contributed by atoms with E-state index in [4.69, 9.17) is 4.74 Å². The van der Waals surface area contributed by atoms with Crippen LogP contribution in [0.2, 0.25) is 0 Å². The van der Waals surface area contributed by atoms with E-state index in [-0.39, 0.29) is 18.2 Å². The van der Waals surface area contributed by atoms with Crippen molar-refractivity contribution < 1.29 is 19.4 Å². The average molecular weight is 445 g/mol. The van der Waals surface area contributed by atoms with Crippen molar-refractivity contribution >= 4 is 27.5 Å². The largest absolute Gasteiger partial charge is 0.388 e. The van der Waals surface area contributed by atoms with Gasteiger partial charge in [0.2, 0.25) is 0 Å². The van der Waals surface area contributed by atoms with Crippen LogP contribution in [0.15, 0.2) is 59.1 Å². The lowest BCUT2D eigenvalue weighted by atomic mass is 9.83. The van der Waals surface area contributed by atoms with Gasteiger partial charge in [0.15, 0.2) is 11.6 Å². The van der Waals surface area contributed by atoms with Gasteiger partial charge in [-0.05, 0) is 36.6 Å². The minimum absolute atomic E-state index is 0.0274. The van der Waals surface area contributed by atoms with Gasteiger partial charge in [-0.25, -0.2) is 0 Å². The SMILES string of the molecule is CC[C@@H]1C(=O)[C@](C)(COCc2ccccc2)C(=O)[C@H]1[C@H](O)c1ccc(Br)cc1. The molecule has 0 amide bonds. The maximum atomic E-state index is 13.3. The Morgan fingerprint density at radius 1 is 1.07 bits per heavy atom. The van der Waals surface area contributed by atoms with Crippen LogP contribution < -0.4 is 0 Å². The van der Waals surface area contributed by atoms with E-state index < -0.39 is 23.4 Å². The van der Waals surface area contributed by atoms with Gasteiger partial charge in [0.05, 0.1) is 25.2 Å². The Hall–Kier alpha value is -1.82. The van der Waals surface area contributed by atoms with Gasteiger partial charge in [-0.2, -0.15) is 0 Å². The van der Waals surface area contributed by atoms with Gasteiger partial charge in [-0.3, -0.25) is 9.59 Å². The van der Waals surface area contributed by atoms with Gasteiger partial charge < -0.3 is 9.84 Å². The summed E-state index contributed by atoms with van der Waals surface area (Å²) in [6.07, 6.45) is -0.498. The molecular weight excluding hydrogens is 420 g/mol. The van der Waals surface area contributed by atoms with Crippen LogP contribution in [0.3, 0.4) is 0 Å². The highest BCUT2D eigenvalue weighted by Gasteiger charge is 2.58. The zero-order valence-electron chi connectivity index (χ0n) is 16.1. The lowest BCUT2D eigenvalue weighted by Gasteiger charge is -2.23. The number of ketones is 2. The van der Waals surface area contributed by atoms with Crippen LogP contribution in [0.25, 0.3) is 0 Å². The first-order valence-corrected chi connectivity index (χ1v) is 10.3. The molecule has 28 heavy (non-hydrogen) atoms. The third-order valence-corrected chi connectivity index (χ3v) is 6.18. The molecule has 1 aliphatic carbocycles. The highest BCUT2D eigenvalue weighted by atomic mass is 79.9. The summed E-state index contributed by atoms with van der Waals surface area (Å²) >= 11 is 3.37. The Morgan fingerprint density at radius 2 is 1.71 bits per heavy atom. The molecule has 0 aliphatic heterocycles. The summed E-state index contributed by atoms with van der Waals surface area (Å²) in [6, 6.07) is 16.8. The third kappa shape index (κ3) is 3.97. The predicted molar refractivity (Wildman–Crippen MR) is 111 cm³/mol. The Bertz CT molecular complexity index is 833. The topological polar surface area (TPSA) is 63.6 Å². The molecule has 0 heterocycles. The molecule has 1 aliphatic rings. The second-order valence-corrected chi connectivity index (χ2v) is 8.49. The number of benzene rings is 2. The molecule has 148 valence electrons. The zero-order valence-corrected chi connectivity index (χ0v) is 17.7. The van der Waals surface area contributed by atoms with Gasteiger partial charge in [0, 0.05) is 10.4 Å². The zero-order chi connectivity index (χ0) is 20.3. The first kappa shape index (κ1) is 20.9. The number of aliphatic hydroxyl groups excluding tert-OH is 1. The molecule has 2 aromatic carbocycles. The molecule has 0 unspecified atom stereocenters. The predicted octanol–water partition coefficient (Wildman–Crippen LogP) is 4.50. The Kier molecular flexibility index (Phi) is 6.48. The fraction of sp³-hybridized carbons (Fsp3) is 0.391. The molecule has 0 radical (unpaired) electrons. The fourth-order valence-electron chi connectivity index (χ4n) is 4.00. The monoisotopic (exact) mass is 444 g/mol. The van der Waals surface area contributed by atoms with E-state index in [1.165, 1.54) is 0 Å². The molecule has 1 saturated carbocycles. The number of rotatable bonds is 7. The highest BCUT2D eigenvalue weighted by Crippen LogP contribution is 2.46. The van der Waals surface area contributed by atoms with E-state index >= 15 is 0 Å². The van der Waals surface area contributed by atoms with E-state index in [1.54, 1.807) is 19.1 Å². The Balaban J connectivity index is 1.78. The molecule has 0 bridgehead atoms. The maximum Gasteiger partial charge on any atom is 0.155 e. The Morgan fingerprint density at radius 3 is 2.32 bits per heavy atom. The lowest BCUT2D eigenvalue weighted by molar-refractivity contribution is -0.140. The van der Waals surface area contributed by atoms with Crippen molar-refractivity contribution in [2.75, 3.05) is 6.61 Å². The van der Waals surface area contributed by atoms with E-state index in [0.717, 1.165) is 10.0 Å². The van der Waals surface area contributed by atoms with Gasteiger partial charge in [0.1, 0.15) is 5.41 Å². The summed E-state index contributed by atoms with van der Waals surface area (Å²) in [4.78, 5) is 26.4. The normalized spacial score (nSPS) is 25.9. The molecular formula is C23H25BrO4. The van der Waals surface area contributed by atoms with Gasteiger partial charge >= 0.3 is 0 Å². The van der Waals surface area contributed by atoms with E-state index in [9.17, 15) is 14.7 Å². The molecule has 0 saturated heterocycles. The summed E-state index contributed by atoms with van der Waals surface area (Å²) in [5.74, 6) is -1.61. The molecule has 5 heteroatoms. The number of Topliss-reactive ketones (excluding diaryl/α,β-unsaturated/α-hetero) is 2. The number of ether oxygens (including phenoxy) is 1. The molecule has 3 rings (SSSR count). The Labute approximate surface area is 174 Å². The first-order chi connectivity index (χ1) is 13.4. The molecule has 4 nitrogen and oxygen atoms in total. The first-order valence-electron chi connectivity index (χ1n) is 9.52. The lowest BCUT2D eigenvalue weighted by Crippen LogP contribution is -2.36. The van der Waals surface area contributed by atoms with Crippen molar-refractivity contribution in [3.05, 3.63) is 70.2 Å². The quantitative estimate of drug-likeness (QED) is 0.638. The number of carbonyl (C=O) groups excluding carboxylic acids is 2. The number of carbonyl (C=O) groups is 2. The summed E-state index contributed by atoms with van der Waals surface area (Å²) in [5, 5.41) is 10.9. The fourth-order valence-corrected chi connectivity index (χ4v) is 4.27. The van der Waals surface area contributed by atoms with Crippen LogP contribution in [0.1, 0.15) is 37.5 Å². The minimum Gasteiger partial charge on any atom is -0.388 e. The van der Waals surface area contributed by atoms with Crippen molar-refractivity contribution in [3.63, 3.8) is 0 Å². The summed E-state index contributed by atoms with van der Waals surface area (Å²) in [6.45, 7) is 3.90. The summed E-state index contributed by atoms with van der Waals surface area (Å²) < 4.78 is 6.65. The maximum absolute atomic E-state index is 13.3. The van der Waals surface area contributed by atoms with Gasteiger partial charge in [-0.15, -0.1) is 0 Å². The van der Waals surface area contributed by atoms with E-state index in [2.05, 4.69) is 15.9 Å². The smallest absolute Gasteiger partial charge is 0.155 e. The van der Waals surface area contributed by atoms with Crippen LogP contribution in [0.4, 0.5) is 0 Å². The molecule has 1 fully saturated rings. The van der Waals surface area contributed by atoms with Crippen molar-refractivity contribution in [1.29, 1.82) is 0 Å².